The van der Waals surface area contributed by atoms with Gasteiger partial charge in [0.05, 0.1) is 4.90 Å². The fourth-order valence-corrected chi connectivity index (χ4v) is 4.57. The average Bonchev–Trinajstić information content (AvgIpc) is 2.86. The van der Waals surface area contributed by atoms with Crippen molar-refractivity contribution in [1.29, 1.82) is 0 Å². The lowest BCUT2D eigenvalue weighted by molar-refractivity contribution is 0.185. The molecule has 1 aromatic heterocycles. The number of sulfonamides is 1. The van der Waals surface area contributed by atoms with Gasteiger partial charge in [-0.3, -0.25) is 0 Å². The number of rotatable bonds is 5. The van der Waals surface area contributed by atoms with Crippen molar-refractivity contribution >= 4 is 21.4 Å². The fourth-order valence-electron chi connectivity index (χ4n) is 2.31. The summed E-state index contributed by atoms with van der Waals surface area (Å²) in [6.07, 6.45) is -0.832. The predicted octanol–water partition coefficient (Wildman–Crippen LogP) is 2.99. The second-order valence-corrected chi connectivity index (χ2v) is 8.22. The van der Waals surface area contributed by atoms with Gasteiger partial charge in [-0.15, -0.1) is 11.3 Å². The summed E-state index contributed by atoms with van der Waals surface area (Å²) in [5.41, 5.74) is 3.67. The van der Waals surface area contributed by atoms with Crippen LogP contribution in [0.3, 0.4) is 0 Å². The van der Waals surface area contributed by atoms with E-state index >= 15 is 0 Å². The van der Waals surface area contributed by atoms with E-state index in [1.807, 2.05) is 38.3 Å². The van der Waals surface area contributed by atoms with Gasteiger partial charge in [-0.05, 0) is 67.5 Å². The van der Waals surface area contributed by atoms with E-state index in [0.29, 0.717) is 5.56 Å². The molecule has 2 N–H and O–H groups in total. The van der Waals surface area contributed by atoms with Crippen molar-refractivity contribution in [3.05, 3.63) is 50.7 Å². The highest BCUT2D eigenvalue weighted by Gasteiger charge is 2.20. The minimum Gasteiger partial charge on any atom is -0.386 e. The summed E-state index contributed by atoms with van der Waals surface area (Å²) in [6, 6.07) is 5.45. The van der Waals surface area contributed by atoms with Crippen molar-refractivity contribution in [3.63, 3.8) is 0 Å². The minimum atomic E-state index is -3.63. The third-order valence-electron chi connectivity index (χ3n) is 3.75. The topological polar surface area (TPSA) is 66.4 Å². The van der Waals surface area contributed by atoms with Gasteiger partial charge < -0.3 is 5.11 Å². The predicted molar refractivity (Wildman–Crippen MR) is 89.9 cm³/mol. The molecule has 2 aromatic rings. The molecule has 6 heteroatoms. The number of hydrogen-bond donors (Lipinski definition) is 2. The van der Waals surface area contributed by atoms with Crippen molar-refractivity contribution in [2.75, 3.05) is 6.54 Å². The maximum atomic E-state index is 12.5. The van der Waals surface area contributed by atoms with E-state index in [1.165, 1.54) is 11.3 Å². The minimum absolute atomic E-state index is 0.0317. The first-order valence-electron chi connectivity index (χ1n) is 7.02. The van der Waals surface area contributed by atoms with Crippen LogP contribution < -0.4 is 4.72 Å². The molecule has 120 valence electrons. The maximum Gasteiger partial charge on any atom is 0.240 e. The van der Waals surface area contributed by atoms with Crippen LogP contribution in [0, 0.1) is 27.7 Å². The average molecular weight is 339 g/mol. The van der Waals surface area contributed by atoms with Gasteiger partial charge >= 0.3 is 0 Å². The van der Waals surface area contributed by atoms with Crippen LogP contribution in [0.2, 0.25) is 0 Å². The van der Waals surface area contributed by atoms with Gasteiger partial charge in [0.15, 0.2) is 0 Å². The van der Waals surface area contributed by atoms with Crippen LogP contribution in [-0.2, 0) is 10.0 Å². The van der Waals surface area contributed by atoms with E-state index in [1.54, 1.807) is 13.0 Å². The molecule has 0 saturated heterocycles. The van der Waals surface area contributed by atoms with Gasteiger partial charge in [0.1, 0.15) is 6.10 Å². The molecular weight excluding hydrogens is 318 g/mol. The highest BCUT2D eigenvalue weighted by atomic mass is 32.2. The van der Waals surface area contributed by atoms with Crippen LogP contribution in [0.1, 0.15) is 33.2 Å². The van der Waals surface area contributed by atoms with Crippen LogP contribution >= 0.6 is 11.3 Å². The molecule has 1 atom stereocenters. The summed E-state index contributed by atoms with van der Waals surface area (Å²) in [7, 11) is -3.63. The van der Waals surface area contributed by atoms with Gasteiger partial charge in [-0.25, -0.2) is 13.1 Å². The van der Waals surface area contributed by atoms with Gasteiger partial charge in [0, 0.05) is 11.4 Å². The molecule has 0 aliphatic carbocycles. The lowest BCUT2D eigenvalue weighted by Crippen LogP contribution is -2.29. The first-order valence-corrected chi connectivity index (χ1v) is 9.38. The normalized spacial score (nSPS) is 13.3. The number of aliphatic hydroxyl groups is 1. The van der Waals surface area contributed by atoms with Crippen molar-refractivity contribution in [2.24, 2.45) is 0 Å². The molecule has 0 fully saturated rings. The molecule has 2 rings (SSSR count). The Morgan fingerprint density at radius 3 is 2.32 bits per heavy atom. The van der Waals surface area contributed by atoms with E-state index in [4.69, 9.17) is 0 Å². The summed E-state index contributed by atoms with van der Waals surface area (Å²) in [5.74, 6) is 0. The molecule has 0 unspecified atom stereocenters. The van der Waals surface area contributed by atoms with Crippen LogP contribution in [-0.4, -0.2) is 20.1 Å². The molecule has 0 radical (unpaired) electrons. The first kappa shape index (κ1) is 17.1. The maximum absolute atomic E-state index is 12.5. The highest BCUT2D eigenvalue weighted by molar-refractivity contribution is 7.89. The summed E-state index contributed by atoms with van der Waals surface area (Å²) in [5, 5.41) is 12.0. The molecule has 0 spiro atoms. The summed E-state index contributed by atoms with van der Waals surface area (Å²) in [6.45, 7) is 7.49. The van der Waals surface area contributed by atoms with Crippen LogP contribution in [0.4, 0.5) is 0 Å². The van der Waals surface area contributed by atoms with Gasteiger partial charge in [0.25, 0.3) is 0 Å². The molecule has 0 amide bonds. The highest BCUT2D eigenvalue weighted by Crippen LogP contribution is 2.24. The molecule has 4 nitrogen and oxygen atoms in total. The number of thiophene rings is 1. The largest absolute Gasteiger partial charge is 0.386 e. The molecule has 1 aromatic carbocycles. The molecule has 0 aliphatic rings. The summed E-state index contributed by atoms with van der Waals surface area (Å²) in [4.78, 5) is 1.06. The van der Waals surface area contributed by atoms with Gasteiger partial charge in [0.2, 0.25) is 10.0 Å². The van der Waals surface area contributed by atoms with E-state index < -0.39 is 16.1 Å². The van der Waals surface area contributed by atoms with Crippen molar-refractivity contribution in [3.8, 4) is 0 Å². The number of nitrogens with one attached hydrogen (secondary N) is 1. The zero-order chi connectivity index (χ0) is 16.5. The Labute approximate surface area is 135 Å². The number of aliphatic hydroxyl groups excluding tert-OH is 1. The SMILES string of the molecule is Cc1cc(C)c(S(=O)(=O)NC[C@@H](O)c2sccc2C)cc1C. The molecule has 1 heterocycles. The molecular formula is C16H21NO3S2. The summed E-state index contributed by atoms with van der Waals surface area (Å²) >= 11 is 1.43. The third kappa shape index (κ3) is 3.57. The number of aryl methyl sites for hydroxylation is 4. The van der Waals surface area contributed by atoms with Crippen molar-refractivity contribution in [2.45, 2.75) is 38.7 Å². The lowest BCUT2D eigenvalue weighted by Gasteiger charge is -2.14. The van der Waals surface area contributed by atoms with Crippen LogP contribution in [0.5, 0.6) is 0 Å². The van der Waals surface area contributed by atoms with Gasteiger partial charge in [-0.2, -0.15) is 0 Å². The van der Waals surface area contributed by atoms with Crippen LogP contribution in [0.25, 0.3) is 0 Å². The molecule has 0 saturated carbocycles. The van der Waals surface area contributed by atoms with E-state index in [9.17, 15) is 13.5 Å². The third-order valence-corrected chi connectivity index (χ3v) is 6.44. The first-order chi connectivity index (χ1) is 10.2. The standard InChI is InChI=1S/C16H21NO3S2/c1-10-5-6-21-16(10)14(18)9-17-22(19,20)15-8-12(3)11(2)7-13(15)4/h5-8,14,17-18H,9H2,1-4H3/t14-/m1/s1. The molecule has 22 heavy (non-hydrogen) atoms. The second kappa shape index (κ2) is 6.50. The van der Waals surface area contributed by atoms with Gasteiger partial charge in [-0.1, -0.05) is 6.07 Å². The Morgan fingerprint density at radius 2 is 1.73 bits per heavy atom. The smallest absolute Gasteiger partial charge is 0.240 e. The Morgan fingerprint density at radius 1 is 1.09 bits per heavy atom. The monoisotopic (exact) mass is 339 g/mol. The van der Waals surface area contributed by atoms with Crippen LogP contribution in [0.15, 0.2) is 28.5 Å². The van der Waals surface area contributed by atoms with E-state index in [-0.39, 0.29) is 11.4 Å². The van der Waals surface area contributed by atoms with E-state index in [2.05, 4.69) is 4.72 Å². The second-order valence-electron chi connectivity index (χ2n) is 5.54. The Balaban J connectivity index is 2.19. The Hall–Kier alpha value is -1.21. The zero-order valence-corrected chi connectivity index (χ0v) is 14.8. The number of benzene rings is 1. The van der Waals surface area contributed by atoms with Crippen molar-refractivity contribution in [1.82, 2.24) is 4.72 Å². The van der Waals surface area contributed by atoms with E-state index in [0.717, 1.165) is 21.6 Å². The van der Waals surface area contributed by atoms with Crippen molar-refractivity contribution < 1.29 is 13.5 Å². The zero-order valence-electron chi connectivity index (χ0n) is 13.2. The summed E-state index contributed by atoms with van der Waals surface area (Å²) < 4.78 is 27.4. The Bertz CT molecular complexity index is 779. The molecule has 0 bridgehead atoms. The fraction of sp³-hybridized carbons (Fsp3) is 0.375. The lowest BCUT2D eigenvalue weighted by atomic mass is 10.1. The number of hydrogen-bond acceptors (Lipinski definition) is 4. The quantitative estimate of drug-likeness (QED) is 0.880. The molecule has 0 aliphatic heterocycles. The Kier molecular flexibility index (Phi) is 5.07.